The van der Waals surface area contributed by atoms with Crippen LogP contribution < -0.4 is 10.6 Å². The van der Waals surface area contributed by atoms with Gasteiger partial charge in [-0.3, -0.25) is 0 Å². The molecule has 2 N–H and O–H groups in total. The average Bonchev–Trinajstić information content (AvgIpc) is 2.52. The van der Waals surface area contributed by atoms with E-state index < -0.39 is 0 Å². The summed E-state index contributed by atoms with van der Waals surface area (Å²) in [6.07, 6.45) is 6.65. The first-order valence-corrected chi connectivity index (χ1v) is 3.57. The van der Waals surface area contributed by atoms with E-state index in [1.807, 2.05) is 7.05 Å². The molecular formula is C8H11N3O. The fourth-order valence-corrected chi connectivity index (χ4v) is 0.770. The van der Waals surface area contributed by atoms with Crippen LogP contribution in [0.15, 0.2) is 10.7 Å². The van der Waals surface area contributed by atoms with Gasteiger partial charge in [0.25, 0.3) is 6.01 Å². The average molecular weight is 165 g/mol. The number of hydrogen-bond donors (Lipinski definition) is 1. The lowest BCUT2D eigenvalue weighted by Crippen LogP contribution is -2.17. The van der Waals surface area contributed by atoms with E-state index in [9.17, 15) is 0 Å². The summed E-state index contributed by atoms with van der Waals surface area (Å²) in [6.45, 7) is 0.859. The first-order chi connectivity index (χ1) is 5.77. The minimum absolute atomic E-state index is 0.382. The van der Waals surface area contributed by atoms with Crippen LogP contribution in [0.1, 0.15) is 5.69 Å². The van der Waals surface area contributed by atoms with Crippen molar-refractivity contribution in [1.82, 2.24) is 4.98 Å². The highest BCUT2D eigenvalue weighted by molar-refractivity contribution is 5.27. The standard InChI is InChI=1S/C8H11N3O/c1-3-4-11(2)8-10-7(5-9)6-12-8/h1,6H,4-5,9H2,2H3. The highest BCUT2D eigenvalue weighted by Gasteiger charge is 2.05. The lowest BCUT2D eigenvalue weighted by Gasteiger charge is -2.08. The Labute approximate surface area is 71.4 Å². The molecule has 12 heavy (non-hydrogen) atoms. The lowest BCUT2D eigenvalue weighted by molar-refractivity contribution is 0.551. The van der Waals surface area contributed by atoms with Crippen molar-refractivity contribution in [3.63, 3.8) is 0 Å². The summed E-state index contributed by atoms with van der Waals surface area (Å²) in [7, 11) is 1.81. The van der Waals surface area contributed by atoms with E-state index in [1.165, 1.54) is 6.26 Å². The number of oxazole rings is 1. The Hall–Kier alpha value is -1.47. The van der Waals surface area contributed by atoms with Gasteiger partial charge in [-0.2, -0.15) is 4.98 Å². The molecule has 0 atom stereocenters. The van der Waals surface area contributed by atoms with Gasteiger partial charge in [0.15, 0.2) is 0 Å². The van der Waals surface area contributed by atoms with Crippen molar-refractivity contribution in [2.24, 2.45) is 5.73 Å². The maximum atomic E-state index is 5.36. The molecule has 0 aliphatic heterocycles. The Bertz CT molecular complexity index is 287. The first kappa shape index (κ1) is 8.62. The van der Waals surface area contributed by atoms with Gasteiger partial charge < -0.3 is 15.1 Å². The van der Waals surface area contributed by atoms with Gasteiger partial charge in [-0.15, -0.1) is 6.42 Å². The number of anilines is 1. The molecule has 0 spiro atoms. The zero-order chi connectivity index (χ0) is 8.97. The third-order valence-electron chi connectivity index (χ3n) is 1.40. The molecule has 4 heteroatoms. The zero-order valence-corrected chi connectivity index (χ0v) is 6.95. The second-order valence-electron chi connectivity index (χ2n) is 2.39. The van der Waals surface area contributed by atoms with Crippen LogP contribution in [0, 0.1) is 12.3 Å². The zero-order valence-electron chi connectivity index (χ0n) is 6.95. The fraction of sp³-hybridized carbons (Fsp3) is 0.375. The molecule has 0 aromatic carbocycles. The van der Waals surface area contributed by atoms with E-state index >= 15 is 0 Å². The van der Waals surface area contributed by atoms with E-state index in [-0.39, 0.29) is 0 Å². The van der Waals surface area contributed by atoms with Crippen molar-refractivity contribution in [2.45, 2.75) is 6.54 Å². The van der Waals surface area contributed by atoms with Crippen molar-refractivity contribution in [1.29, 1.82) is 0 Å². The number of nitrogens with zero attached hydrogens (tertiary/aromatic N) is 2. The van der Waals surface area contributed by atoms with Gasteiger partial charge in [0, 0.05) is 13.6 Å². The van der Waals surface area contributed by atoms with E-state index in [4.69, 9.17) is 16.6 Å². The van der Waals surface area contributed by atoms with Crippen LogP contribution in [-0.2, 0) is 6.54 Å². The van der Waals surface area contributed by atoms with Crippen LogP contribution >= 0.6 is 0 Å². The van der Waals surface area contributed by atoms with Gasteiger partial charge in [0.1, 0.15) is 6.26 Å². The molecule has 0 unspecified atom stereocenters. The molecule has 0 saturated carbocycles. The van der Waals surface area contributed by atoms with Crippen LogP contribution in [0.25, 0.3) is 0 Å². The van der Waals surface area contributed by atoms with Gasteiger partial charge in [0.05, 0.1) is 12.2 Å². The molecule has 1 aromatic rings. The van der Waals surface area contributed by atoms with Crippen LogP contribution in [-0.4, -0.2) is 18.6 Å². The van der Waals surface area contributed by atoms with Gasteiger partial charge in [-0.25, -0.2) is 0 Å². The molecule has 1 rings (SSSR count). The van der Waals surface area contributed by atoms with Gasteiger partial charge in [0.2, 0.25) is 0 Å². The highest BCUT2D eigenvalue weighted by atomic mass is 16.4. The van der Waals surface area contributed by atoms with Crippen molar-refractivity contribution < 1.29 is 4.42 Å². The van der Waals surface area contributed by atoms with Crippen LogP contribution in [0.5, 0.6) is 0 Å². The summed E-state index contributed by atoms with van der Waals surface area (Å²) in [6, 6.07) is 0.508. The van der Waals surface area contributed by atoms with Crippen LogP contribution in [0.3, 0.4) is 0 Å². The van der Waals surface area contributed by atoms with Crippen molar-refractivity contribution in [3.05, 3.63) is 12.0 Å². The summed E-state index contributed by atoms with van der Waals surface area (Å²) in [4.78, 5) is 5.82. The van der Waals surface area contributed by atoms with Crippen molar-refractivity contribution in [3.8, 4) is 12.3 Å². The first-order valence-electron chi connectivity index (χ1n) is 3.57. The molecule has 0 bridgehead atoms. The fourth-order valence-electron chi connectivity index (χ4n) is 0.770. The van der Waals surface area contributed by atoms with Crippen LogP contribution in [0.4, 0.5) is 6.01 Å². The summed E-state index contributed by atoms with van der Waals surface area (Å²) in [5, 5.41) is 0. The van der Waals surface area contributed by atoms with Gasteiger partial charge in [-0.05, 0) is 0 Å². The third kappa shape index (κ3) is 1.77. The summed E-state index contributed by atoms with van der Waals surface area (Å²) < 4.78 is 5.11. The summed E-state index contributed by atoms with van der Waals surface area (Å²) >= 11 is 0. The number of rotatable bonds is 3. The topological polar surface area (TPSA) is 55.3 Å². The molecule has 1 heterocycles. The smallest absolute Gasteiger partial charge is 0.297 e. The van der Waals surface area contributed by atoms with Crippen molar-refractivity contribution >= 4 is 6.01 Å². The van der Waals surface area contributed by atoms with Crippen molar-refractivity contribution in [2.75, 3.05) is 18.5 Å². The molecule has 0 aliphatic rings. The second-order valence-corrected chi connectivity index (χ2v) is 2.39. The monoisotopic (exact) mass is 165 g/mol. The molecule has 1 aromatic heterocycles. The Kier molecular flexibility index (Phi) is 2.72. The molecular weight excluding hydrogens is 154 g/mol. The molecule has 0 radical (unpaired) electrons. The quantitative estimate of drug-likeness (QED) is 0.650. The molecule has 0 saturated heterocycles. The van der Waals surface area contributed by atoms with E-state index in [1.54, 1.807) is 4.90 Å². The van der Waals surface area contributed by atoms with Gasteiger partial charge >= 0.3 is 0 Å². The van der Waals surface area contributed by atoms with E-state index in [0.29, 0.717) is 19.1 Å². The molecule has 0 amide bonds. The molecule has 64 valence electrons. The minimum Gasteiger partial charge on any atom is -0.432 e. The molecule has 4 nitrogen and oxygen atoms in total. The number of nitrogens with two attached hydrogens (primary N) is 1. The summed E-state index contributed by atoms with van der Waals surface area (Å²) in [5.41, 5.74) is 6.09. The maximum Gasteiger partial charge on any atom is 0.297 e. The largest absolute Gasteiger partial charge is 0.432 e. The van der Waals surface area contributed by atoms with Gasteiger partial charge in [-0.1, -0.05) is 5.92 Å². The minimum atomic E-state index is 0.382. The Balaban J connectivity index is 2.69. The molecule has 0 fully saturated rings. The third-order valence-corrected chi connectivity index (χ3v) is 1.40. The van der Waals surface area contributed by atoms with E-state index in [2.05, 4.69) is 10.9 Å². The number of hydrogen-bond acceptors (Lipinski definition) is 4. The molecule has 0 aliphatic carbocycles. The Morgan fingerprint density at radius 1 is 1.83 bits per heavy atom. The normalized spacial score (nSPS) is 9.42. The SMILES string of the molecule is C#CCN(C)c1nc(CN)co1. The summed E-state index contributed by atoms with van der Waals surface area (Å²) in [5.74, 6) is 2.49. The highest BCUT2D eigenvalue weighted by Crippen LogP contribution is 2.10. The Morgan fingerprint density at radius 2 is 2.58 bits per heavy atom. The number of aromatic nitrogens is 1. The lowest BCUT2D eigenvalue weighted by atomic mass is 10.5. The maximum absolute atomic E-state index is 5.36. The van der Waals surface area contributed by atoms with E-state index in [0.717, 1.165) is 5.69 Å². The Morgan fingerprint density at radius 3 is 3.08 bits per heavy atom. The predicted molar refractivity (Wildman–Crippen MR) is 46.5 cm³/mol. The second kappa shape index (κ2) is 3.79. The number of terminal acetylenes is 1. The predicted octanol–water partition coefficient (Wildman–Crippen LogP) is 0.203. The van der Waals surface area contributed by atoms with Crippen LogP contribution in [0.2, 0.25) is 0 Å².